The first-order valence-electron chi connectivity index (χ1n) is 6.72. The summed E-state index contributed by atoms with van der Waals surface area (Å²) >= 11 is 1.91. The molecule has 19 heavy (non-hydrogen) atoms. The molecule has 0 fully saturated rings. The molecule has 1 rings (SSSR count). The third kappa shape index (κ3) is 4.32. The van der Waals surface area contributed by atoms with Crippen molar-refractivity contribution in [1.82, 2.24) is 5.32 Å². The summed E-state index contributed by atoms with van der Waals surface area (Å²) in [6.45, 7) is 6.05. The maximum atomic E-state index is 9.83. The van der Waals surface area contributed by atoms with Crippen molar-refractivity contribution in [3.8, 4) is 11.5 Å². The Morgan fingerprint density at radius 3 is 2.53 bits per heavy atom. The predicted molar refractivity (Wildman–Crippen MR) is 83.2 cm³/mol. The zero-order chi connectivity index (χ0) is 14.3. The molecule has 0 unspecified atom stereocenters. The van der Waals surface area contributed by atoms with E-state index in [9.17, 15) is 5.11 Å². The molecule has 0 aliphatic carbocycles. The Labute approximate surface area is 120 Å². The number of methoxy groups -OCH3 is 1. The number of hydrogen-bond acceptors (Lipinski definition) is 4. The van der Waals surface area contributed by atoms with Crippen LogP contribution in [0.3, 0.4) is 0 Å². The van der Waals surface area contributed by atoms with Gasteiger partial charge in [-0.2, -0.15) is 11.8 Å². The molecule has 0 heterocycles. The monoisotopic (exact) mass is 283 g/mol. The van der Waals surface area contributed by atoms with E-state index in [1.54, 1.807) is 19.2 Å². The summed E-state index contributed by atoms with van der Waals surface area (Å²) in [5.74, 6) is 1.09. The molecule has 4 heteroatoms. The van der Waals surface area contributed by atoms with Crippen LogP contribution in [0.5, 0.6) is 11.5 Å². The van der Waals surface area contributed by atoms with E-state index in [2.05, 4.69) is 25.4 Å². The Morgan fingerprint density at radius 2 is 2.00 bits per heavy atom. The van der Waals surface area contributed by atoms with Crippen molar-refractivity contribution >= 4 is 11.8 Å². The van der Waals surface area contributed by atoms with Gasteiger partial charge >= 0.3 is 0 Å². The van der Waals surface area contributed by atoms with Gasteiger partial charge in [0.2, 0.25) is 0 Å². The largest absolute Gasteiger partial charge is 0.508 e. The Kier molecular flexibility index (Phi) is 6.52. The highest BCUT2D eigenvalue weighted by Gasteiger charge is 2.24. The normalized spacial score (nSPS) is 11.6. The predicted octanol–water partition coefficient (Wildman–Crippen LogP) is 3.41. The smallest absolute Gasteiger partial charge is 0.120 e. The van der Waals surface area contributed by atoms with Crippen LogP contribution in [0.4, 0.5) is 0 Å². The summed E-state index contributed by atoms with van der Waals surface area (Å²) in [6.07, 6.45) is 4.45. The van der Waals surface area contributed by atoms with E-state index < -0.39 is 0 Å². The number of hydrogen-bond donors (Lipinski definition) is 2. The maximum absolute atomic E-state index is 9.83. The molecule has 0 atom stereocenters. The van der Waals surface area contributed by atoms with E-state index >= 15 is 0 Å². The topological polar surface area (TPSA) is 41.5 Å². The van der Waals surface area contributed by atoms with E-state index in [0.29, 0.717) is 12.3 Å². The third-order valence-corrected chi connectivity index (χ3v) is 5.36. The molecule has 0 amide bonds. The molecule has 0 saturated carbocycles. The minimum absolute atomic E-state index is 0.286. The SMILES string of the molecule is CCC(CC)(CNCc1cc(OC)ccc1O)SC. The van der Waals surface area contributed by atoms with Gasteiger partial charge in [0.15, 0.2) is 0 Å². The van der Waals surface area contributed by atoms with Crippen LogP contribution in [-0.4, -0.2) is 29.8 Å². The van der Waals surface area contributed by atoms with Gasteiger partial charge in [-0.3, -0.25) is 0 Å². The van der Waals surface area contributed by atoms with Crippen LogP contribution in [0.15, 0.2) is 18.2 Å². The second-order valence-electron chi connectivity index (χ2n) is 4.69. The molecule has 0 aliphatic heterocycles. The quantitative estimate of drug-likeness (QED) is 0.767. The van der Waals surface area contributed by atoms with Crippen molar-refractivity contribution in [2.45, 2.75) is 38.0 Å². The van der Waals surface area contributed by atoms with E-state index in [1.165, 1.54) is 0 Å². The molecular formula is C15H25NO2S. The highest BCUT2D eigenvalue weighted by atomic mass is 32.2. The van der Waals surface area contributed by atoms with E-state index in [4.69, 9.17) is 4.74 Å². The average Bonchev–Trinajstić information content (AvgIpc) is 2.46. The van der Waals surface area contributed by atoms with Crippen LogP contribution in [0.2, 0.25) is 0 Å². The molecular weight excluding hydrogens is 258 g/mol. The second-order valence-corrected chi connectivity index (χ2v) is 5.97. The fourth-order valence-electron chi connectivity index (χ4n) is 2.12. The molecule has 0 aromatic heterocycles. The molecule has 0 aliphatic rings. The summed E-state index contributed by atoms with van der Waals surface area (Å²) < 4.78 is 5.46. The molecule has 0 spiro atoms. The minimum Gasteiger partial charge on any atom is -0.508 e. The summed E-state index contributed by atoms with van der Waals surface area (Å²) in [5.41, 5.74) is 0.876. The molecule has 1 aromatic rings. The van der Waals surface area contributed by atoms with E-state index in [0.717, 1.165) is 30.7 Å². The zero-order valence-electron chi connectivity index (χ0n) is 12.3. The van der Waals surface area contributed by atoms with Gasteiger partial charge < -0.3 is 15.2 Å². The number of ether oxygens (including phenoxy) is 1. The summed E-state index contributed by atoms with van der Waals surface area (Å²) in [7, 11) is 1.64. The number of aromatic hydroxyl groups is 1. The van der Waals surface area contributed by atoms with E-state index in [1.807, 2.05) is 17.8 Å². The number of nitrogens with one attached hydrogen (secondary N) is 1. The average molecular weight is 283 g/mol. The Balaban J connectivity index is 2.62. The number of phenols is 1. The van der Waals surface area contributed by atoms with Crippen LogP contribution in [0, 0.1) is 0 Å². The zero-order valence-corrected chi connectivity index (χ0v) is 13.1. The Morgan fingerprint density at radius 1 is 1.32 bits per heavy atom. The lowest BCUT2D eigenvalue weighted by Crippen LogP contribution is -2.36. The first kappa shape index (κ1) is 16.2. The summed E-state index contributed by atoms with van der Waals surface area (Å²) in [6, 6.07) is 5.32. The van der Waals surface area contributed by atoms with Gasteiger partial charge in [0.1, 0.15) is 11.5 Å². The summed E-state index contributed by atoms with van der Waals surface area (Å²) in [5, 5.41) is 13.3. The second kappa shape index (κ2) is 7.65. The molecule has 0 saturated heterocycles. The molecule has 0 radical (unpaired) electrons. The number of benzene rings is 1. The summed E-state index contributed by atoms with van der Waals surface area (Å²) in [4.78, 5) is 0. The number of phenolic OH excluding ortho intramolecular Hbond substituents is 1. The van der Waals surface area contributed by atoms with Crippen molar-refractivity contribution in [2.24, 2.45) is 0 Å². The minimum atomic E-state index is 0.286. The van der Waals surface area contributed by atoms with Gasteiger partial charge in [-0.25, -0.2) is 0 Å². The van der Waals surface area contributed by atoms with Gasteiger partial charge in [0.05, 0.1) is 7.11 Å². The van der Waals surface area contributed by atoms with Crippen molar-refractivity contribution in [1.29, 1.82) is 0 Å². The van der Waals surface area contributed by atoms with Gasteiger partial charge in [-0.1, -0.05) is 13.8 Å². The molecule has 108 valence electrons. The number of thioether (sulfide) groups is 1. The van der Waals surface area contributed by atoms with Crippen molar-refractivity contribution < 1.29 is 9.84 Å². The van der Waals surface area contributed by atoms with Gasteiger partial charge in [-0.05, 0) is 37.3 Å². The molecule has 1 aromatic carbocycles. The third-order valence-electron chi connectivity index (χ3n) is 3.77. The fourth-order valence-corrected chi connectivity index (χ4v) is 2.94. The highest BCUT2D eigenvalue weighted by Crippen LogP contribution is 2.30. The lowest BCUT2D eigenvalue weighted by atomic mass is 10.0. The van der Waals surface area contributed by atoms with Gasteiger partial charge in [0, 0.05) is 23.4 Å². The van der Waals surface area contributed by atoms with Crippen LogP contribution < -0.4 is 10.1 Å². The molecule has 0 bridgehead atoms. The molecule has 2 N–H and O–H groups in total. The van der Waals surface area contributed by atoms with Gasteiger partial charge in [0.25, 0.3) is 0 Å². The van der Waals surface area contributed by atoms with Crippen molar-refractivity contribution in [2.75, 3.05) is 19.9 Å². The van der Waals surface area contributed by atoms with Crippen LogP contribution in [0.1, 0.15) is 32.3 Å². The van der Waals surface area contributed by atoms with Crippen LogP contribution in [-0.2, 0) is 6.54 Å². The first-order valence-corrected chi connectivity index (χ1v) is 7.95. The number of rotatable bonds is 8. The standard InChI is InChI=1S/C15H25NO2S/c1-5-15(6-2,19-4)11-16-10-12-9-13(18-3)7-8-14(12)17/h7-9,16-17H,5-6,10-11H2,1-4H3. The molecule has 3 nitrogen and oxygen atoms in total. The van der Waals surface area contributed by atoms with Crippen molar-refractivity contribution in [3.05, 3.63) is 23.8 Å². The maximum Gasteiger partial charge on any atom is 0.120 e. The lowest BCUT2D eigenvalue weighted by molar-refractivity contribution is 0.409. The fraction of sp³-hybridized carbons (Fsp3) is 0.600. The van der Waals surface area contributed by atoms with Crippen LogP contribution >= 0.6 is 11.8 Å². The Bertz CT molecular complexity index is 383. The van der Waals surface area contributed by atoms with Gasteiger partial charge in [-0.15, -0.1) is 0 Å². The van der Waals surface area contributed by atoms with E-state index in [-0.39, 0.29) is 4.75 Å². The van der Waals surface area contributed by atoms with Crippen molar-refractivity contribution in [3.63, 3.8) is 0 Å². The highest BCUT2D eigenvalue weighted by molar-refractivity contribution is 8.00. The van der Waals surface area contributed by atoms with Crippen LogP contribution in [0.25, 0.3) is 0 Å². The lowest BCUT2D eigenvalue weighted by Gasteiger charge is -2.30. The first-order chi connectivity index (χ1) is 9.10. The Hall–Kier alpha value is -0.870.